The highest BCUT2D eigenvalue weighted by Crippen LogP contribution is 2.20. The normalized spacial score (nSPS) is 11.1. The van der Waals surface area contributed by atoms with Crippen LogP contribution in [0.3, 0.4) is 0 Å². The highest BCUT2D eigenvalue weighted by Gasteiger charge is 2.14. The Morgan fingerprint density at radius 3 is 2.06 bits per heavy atom. The number of benzene rings is 2. The number of ether oxygens (including phenoxy) is 1. The second kappa shape index (κ2) is 14.4. The summed E-state index contributed by atoms with van der Waals surface area (Å²) >= 11 is 0. The number of esters is 1. The van der Waals surface area contributed by atoms with Crippen LogP contribution in [0.1, 0.15) is 74.9 Å². The summed E-state index contributed by atoms with van der Waals surface area (Å²) in [5.41, 5.74) is 9.63. The van der Waals surface area contributed by atoms with Crippen LogP contribution in [0.4, 0.5) is 5.95 Å². The fraction of sp³-hybridized carbons (Fsp3) is 0.300. The van der Waals surface area contributed by atoms with Crippen molar-refractivity contribution < 1.29 is 14.3 Å². The van der Waals surface area contributed by atoms with Crippen molar-refractivity contribution in [3.8, 4) is 11.3 Å². The fourth-order valence-corrected chi connectivity index (χ4v) is 4.31. The van der Waals surface area contributed by atoms with Crippen molar-refractivity contribution in [3.63, 3.8) is 0 Å². The summed E-state index contributed by atoms with van der Waals surface area (Å²) in [5, 5.41) is 30.2. The van der Waals surface area contributed by atoms with Crippen LogP contribution >= 0.6 is 0 Å². The molecule has 2 aromatic carbocycles. The standard InChI is InChI=1S/C14H13N7O.C11H11N3O3.C5H10N4/c1-7(2)13-16-14-15-10(6-12(22)21(14)19-13)8-3-4-9-11(5-8)18-20-17-9;1-2-17-11(16)6-10(15)7-3-4-8-9(5-7)13-14-12-8;1-3(2)4-7-5(6)9-8-4/h3-7H,1-2H3,(H,15,16,19)(H,17,18,20);3-5H,2,6H2,1H3,(H,12,13,14);3H,1-2H3,(H3,6,7,8,9). The Bertz CT molecular complexity index is 2240. The number of rotatable bonds is 7. The van der Waals surface area contributed by atoms with Gasteiger partial charge in [0.25, 0.3) is 11.3 Å². The molecule has 0 unspecified atom stereocenters. The maximum atomic E-state index is 12.2. The Morgan fingerprint density at radius 1 is 0.812 bits per heavy atom. The molecule has 0 spiro atoms. The first-order valence-corrected chi connectivity index (χ1v) is 15.0. The first kappa shape index (κ1) is 33.0. The Kier molecular flexibility index (Phi) is 9.91. The summed E-state index contributed by atoms with van der Waals surface area (Å²) in [5.74, 6) is 2.02. The van der Waals surface area contributed by atoms with Crippen molar-refractivity contribution in [2.45, 2.75) is 52.9 Å². The number of fused-ring (bicyclic) bond motifs is 3. The van der Waals surface area contributed by atoms with Gasteiger partial charge in [-0.1, -0.05) is 33.8 Å². The number of Topliss-reactive ketones (excluding diaryl/α,β-unsaturated/α-hetero) is 1. The van der Waals surface area contributed by atoms with Crippen LogP contribution in [0.5, 0.6) is 0 Å². The van der Waals surface area contributed by atoms with E-state index in [9.17, 15) is 14.4 Å². The second-order valence-electron chi connectivity index (χ2n) is 11.1. The van der Waals surface area contributed by atoms with E-state index in [1.54, 1.807) is 25.1 Å². The summed E-state index contributed by atoms with van der Waals surface area (Å²) in [6.07, 6.45) is -0.253. The van der Waals surface area contributed by atoms with E-state index in [1.807, 2.05) is 45.9 Å². The highest BCUT2D eigenvalue weighted by molar-refractivity contribution is 6.07. The number of aromatic amines is 4. The Labute approximate surface area is 271 Å². The molecule has 0 aliphatic heterocycles. The van der Waals surface area contributed by atoms with Gasteiger partial charge in [0.15, 0.2) is 5.78 Å². The van der Waals surface area contributed by atoms with E-state index in [-0.39, 0.29) is 30.3 Å². The smallest absolute Gasteiger partial charge is 0.313 e. The number of nitrogens with one attached hydrogen (secondary N) is 4. The van der Waals surface area contributed by atoms with Crippen LogP contribution in [0.25, 0.3) is 39.1 Å². The molecular formula is C30H34N14O4. The molecule has 7 aromatic rings. The number of ketones is 1. The van der Waals surface area contributed by atoms with E-state index < -0.39 is 5.97 Å². The minimum absolute atomic E-state index is 0.191. The van der Waals surface area contributed by atoms with Gasteiger partial charge in [-0.25, -0.2) is 4.98 Å². The number of H-pyrrole nitrogens is 4. The minimum Gasteiger partial charge on any atom is -0.466 e. The van der Waals surface area contributed by atoms with E-state index in [0.717, 1.165) is 28.2 Å². The van der Waals surface area contributed by atoms with Gasteiger partial charge in [0.05, 0.1) is 12.3 Å². The third-order valence-corrected chi connectivity index (χ3v) is 6.82. The van der Waals surface area contributed by atoms with Gasteiger partial charge < -0.3 is 10.5 Å². The summed E-state index contributed by atoms with van der Waals surface area (Å²) in [6.45, 7) is 10.0. The lowest BCUT2D eigenvalue weighted by Gasteiger charge is -2.01. The summed E-state index contributed by atoms with van der Waals surface area (Å²) in [4.78, 5) is 47.9. The van der Waals surface area contributed by atoms with Crippen LogP contribution in [0.2, 0.25) is 0 Å². The largest absolute Gasteiger partial charge is 0.466 e. The molecule has 48 heavy (non-hydrogen) atoms. The molecule has 18 heteroatoms. The maximum Gasteiger partial charge on any atom is 0.313 e. The molecule has 5 aromatic heterocycles. The summed E-state index contributed by atoms with van der Waals surface area (Å²) in [7, 11) is 0. The number of hydrogen-bond acceptors (Lipinski definition) is 13. The van der Waals surface area contributed by atoms with Gasteiger partial charge in [-0.3, -0.25) is 24.6 Å². The lowest BCUT2D eigenvalue weighted by Crippen LogP contribution is -2.14. The van der Waals surface area contributed by atoms with Crippen molar-refractivity contribution in [2.24, 2.45) is 0 Å². The molecule has 0 aliphatic carbocycles. The molecule has 0 saturated heterocycles. The Morgan fingerprint density at radius 2 is 1.46 bits per heavy atom. The van der Waals surface area contributed by atoms with Gasteiger partial charge in [0.2, 0.25) is 5.95 Å². The molecule has 0 radical (unpaired) electrons. The molecule has 5 heterocycles. The molecule has 248 valence electrons. The second-order valence-corrected chi connectivity index (χ2v) is 11.1. The minimum atomic E-state index is -0.516. The molecule has 0 bridgehead atoms. The molecule has 0 fully saturated rings. The molecule has 0 atom stereocenters. The zero-order chi connectivity index (χ0) is 34.4. The van der Waals surface area contributed by atoms with Crippen molar-refractivity contribution in [1.29, 1.82) is 0 Å². The number of anilines is 1. The van der Waals surface area contributed by atoms with E-state index in [1.165, 1.54) is 10.6 Å². The molecular weight excluding hydrogens is 620 g/mol. The topological polar surface area (TPSA) is 257 Å². The SMILES string of the molecule is CC(C)c1nc(N)n[nH]1.CC(C)c1nc2nc(-c3ccc4n[nH]nc4c3)cc(=O)n2[nH]1.CCOC(=O)CC(=O)c1ccc2n[nH]nc2c1. The zero-order valence-electron chi connectivity index (χ0n) is 26.8. The Hall–Kier alpha value is -6.33. The fourth-order valence-electron chi connectivity index (χ4n) is 4.31. The van der Waals surface area contributed by atoms with Crippen molar-refractivity contribution in [3.05, 3.63) is 70.0 Å². The lowest BCUT2D eigenvalue weighted by atomic mass is 10.1. The predicted molar refractivity (Wildman–Crippen MR) is 175 cm³/mol. The third kappa shape index (κ3) is 7.72. The van der Waals surface area contributed by atoms with E-state index in [2.05, 4.69) is 61.1 Å². The molecule has 6 N–H and O–H groups in total. The number of nitrogen functional groups attached to an aromatic ring is 1. The quantitative estimate of drug-likeness (QED) is 0.0941. The van der Waals surface area contributed by atoms with Gasteiger partial charge in [0.1, 0.15) is 40.1 Å². The predicted octanol–water partition coefficient (Wildman–Crippen LogP) is 3.08. The number of carbonyl (C=O) groups excluding carboxylic acids is 2. The summed E-state index contributed by atoms with van der Waals surface area (Å²) < 4.78 is 6.07. The van der Waals surface area contributed by atoms with E-state index >= 15 is 0 Å². The first-order chi connectivity index (χ1) is 23.0. The van der Waals surface area contributed by atoms with Crippen LogP contribution in [0.15, 0.2) is 47.3 Å². The van der Waals surface area contributed by atoms with Crippen molar-refractivity contribution in [1.82, 2.24) is 65.6 Å². The first-order valence-electron chi connectivity index (χ1n) is 15.0. The highest BCUT2D eigenvalue weighted by atomic mass is 16.5. The molecule has 0 aliphatic rings. The Balaban J connectivity index is 0.000000154. The van der Waals surface area contributed by atoms with Gasteiger partial charge in [-0.05, 0) is 37.3 Å². The maximum absolute atomic E-state index is 12.2. The van der Waals surface area contributed by atoms with Crippen LogP contribution in [-0.2, 0) is 9.53 Å². The van der Waals surface area contributed by atoms with Gasteiger partial charge in [0, 0.05) is 29.0 Å². The average Bonchev–Trinajstić information content (AvgIpc) is 3.87. The third-order valence-electron chi connectivity index (χ3n) is 6.82. The molecule has 18 nitrogen and oxygen atoms in total. The number of nitrogens with two attached hydrogens (primary N) is 1. The molecule has 7 rings (SSSR count). The van der Waals surface area contributed by atoms with Crippen molar-refractivity contribution in [2.75, 3.05) is 12.3 Å². The van der Waals surface area contributed by atoms with Crippen LogP contribution in [-0.4, -0.2) is 83.9 Å². The van der Waals surface area contributed by atoms with Gasteiger partial charge >= 0.3 is 5.97 Å². The van der Waals surface area contributed by atoms with Gasteiger partial charge in [-0.15, -0.1) is 5.10 Å². The van der Waals surface area contributed by atoms with E-state index in [4.69, 9.17) is 10.5 Å². The van der Waals surface area contributed by atoms with Crippen molar-refractivity contribution >= 4 is 45.5 Å². The monoisotopic (exact) mass is 654 g/mol. The number of aromatic nitrogens is 13. The number of hydrogen-bond donors (Lipinski definition) is 5. The number of nitrogens with zero attached hydrogens (tertiary/aromatic N) is 9. The summed E-state index contributed by atoms with van der Waals surface area (Å²) in [6, 6.07) is 11.9. The van der Waals surface area contributed by atoms with Gasteiger partial charge in [-0.2, -0.15) is 45.3 Å². The lowest BCUT2D eigenvalue weighted by molar-refractivity contribution is -0.141. The van der Waals surface area contributed by atoms with E-state index in [0.29, 0.717) is 39.9 Å². The average molecular weight is 655 g/mol. The molecule has 0 saturated carbocycles. The molecule has 0 amide bonds. The zero-order valence-corrected chi connectivity index (χ0v) is 26.8. The van der Waals surface area contributed by atoms with Crippen LogP contribution < -0.4 is 11.3 Å². The van der Waals surface area contributed by atoms with Crippen LogP contribution in [0, 0.1) is 0 Å². The number of carbonyl (C=O) groups is 2.